The number of hydrogen-bond donors (Lipinski definition) is 1. The molecule has 1 aromatic heterocycles. The fourth-order valence-electron chi connectivity index (χ4n) is 7.42. The predicted octanol–water partition coefficient (Wildman–Crippen LogP) is 7.54. The molecule has 4 aliphatic rings. The third-order valence-electron chi connectivity index (χ3n) is 9.40. The number of aliphatic hydroxyl groups is 1. The van der Waals surface area contributed by atoms with Crippen LogP contribution in [-0.4, -0.2) is 10.1 Å². The van der Waals surface area contributed by atoms with Crippen molar-refractivity contribution in [2.75, 3.05) is 0 Å². The molecule has 1 unspecified atom stereocenters. The molecule has 2 atom stereocenters. The minimum absolute atomic E-state index is 0.0934. The second-order valence-electron chi connectivity index (χ2n) is 13.1. The molecule has 3 aliphatic carbocycles. The van der Waals surface area contributed by atoms with Gasteiger partial charge < -0.3 is 9.84 Å². The smallest absolute Gasteiger partial charge is 0.111 e. The summed E-state index contributed by atoms with van der Waals surface area (Å²) in [5.74, 6) is 0.326. The zero-order chi connectivity index (χ0) is 23.9. The van der Waals surface area contributed by atoms with Crippen LogP contribution in [0.2, 0.25) is 0 Å². The second-order valence-corrected chi connectivity index (χ2v) is 13.1. The fraction of sp³-hybridized carbons (Fsp3) is 0.645. The average Bonchev–Trinajstić information content (AvgIpc) is 3.37. The Balaban J connectivity index is 1.54. The molecule has 0 bridgehead atoms. The lowest BCUT2D eigenvalue weighted by Gasteiger charge is -2.47. The fourth-order valence-corrected chi connectivity index (χ4v) is 7.42. The molecule has 2 spiro atoms. The Kier molecular flexibility index (Phi) is 5.11. The van der Waals surface area contributed by atoms with Crippen molar-refractivity contribution in [1.82, 2.24) is 4.98 Å². The Morgan fingerprint density at radius 3 is 2.21 bits per heavy atom. The molecule has 1 aliphatic heterocycles. The van der Waals surface area contributed by atoms with E-state index in [1.165, 1.54) is 65.7 Å². The molecule has 2 fully saturated rings. The largest absolute Gasteiger partial charge is 0.388 e. The van der Waals surface area contributed by atoms with Crippen LogP contribution in [0.4, 0.5) is 0 Å². The minimum Gasteiger partial charge on any atom is -0.388 e. The highest BCUT2D eigenvalue weighted by Crippen LogP contribution is 2.61. The number of aliphatic hydroxyl groups excluding tert-OH is 1. The number of ether oxygens (including phenoxy) is 1. The summed E-state index contributed by atoms with van der Waals surface area (Å²) in [4.78, 5) is 5.36. The first-order valence-electron chi connectivity index (χ1n) is 13.7. The van der Waals surface area contributed by atoms with E-state index in [1.807, 2.05) is 0 Å². The molecule has 0 radical (unpaired) electrons. The van der Waals surface area contributed by atoms with Crippen molar-refractivity contribution in [3.8, 4) is 0 Å². The van der Waals surface area contributed by atoms with E-state index in [9.17, 15) is 5.11 Å². The molecule has 2 heterocycles. The Bertz CT molecular complexity index is 1100. The summed E-state index contributed by atoms with van der Waals surface area (Å²) in [6, 6.07) is 9.08. The van der Waals surface area contributed by atoms with Crippen LogP contribution in [-0.2, 0) is 22.2 Å². The Hall–Kier alpha value is -1.71. The summed E-state index contributed by atoms with van der Waals surface area (Å²) in [5, 5.41) is 11.6. The first-order valence-corrected chi connectivity index (χ1v) is 13.7. The van der Waals surface area contributed by atoms with E-state index < -0.39 is 6.10 Å². The van der Waals surface area contributed by atoms with Crippen molar-refractivity contribution in [2.24, 2.45) is 5.41 Å². The van der Waals surface area contributed by atoms with Gasteiger partial charge in [-0.05, 0) is 72.0 Å². The molecule has 2 saturated carbocycles. The summed E-state index contributed by atoms with van der Waals surface area (Å²) in [6.45, 7) is 11.3. The number of nitrogens with zero attached hydrogens (tertiary/aromatic N) is 1. The summed E-state index contributed by atoms with van der Waals surface area (Å²) < 4.78 is 7.14. The number of rotatable bonds is 2. The summed E-state index contributed by atoms with van der Waals surface area (Å²) in [7, 11) is 0. The molecule has 0 amide bonds. The zero-order valence-corrected chi connectivity index (χ0v) is 21.7. The highest BCUT2D eigenvalue weighted by Gasteiger charge is 2.54. The van der Waals surface area contributed by atoms with Crippen LogP contribution < -0.4 is 0 Å². The van der Waals surface area contributed by atoms with Crippen molar-refractivity contribution in [3.05, 3.63) is 63.5 Å². The third-order valence-corrected chi connectivity index (χ3v) is 9.40. The SMILES string of the molecule is CC(C)c1nc2c(c3c1[C@@H](c1ccc(C(C)(C)C)cc1)OC31CCCC1)C(O)CC1(CCC1)C2. The molecular weight excluding hydrogens is 418 g/mol. The first-order chi connectivity index (χ1) is 16.1. The molecule has 182 valence electrons. The van der Waals surface area contributed by atoms with Crippen molar-refractivity contribution < 1.29 is 9.84 Å². The third kappa shape index (κ3) is 3.33. The average molecular weight is 460 g/mol. The van der Waals surface area contributed by atoms with Crippen LogP contribution in [0.3, 0.4) is 0 Å². The minimum atomic E-state index is -0.408. The van der Waals surface area contributed by atoms with Gasteiger partial charge in [-0.1, -0.05) is 78.1 Å². The van der Waals surface area contributed by atoms with Crippen LogP contribution in [0, 0.1) is 5.41 Å². The van der Waals surface area contributed by atoms with Gasteiger partial charge in [-0.25, -0.2) is 0 Å². The van der Waals surface area contributed by atoms with Crippen molar-refractivity contribution in [3.63, 3.8) is 0 Å². The monoisotopic (exact) mass is 459 g/mol. The number of fused-ring (bicyclic) bond motifs is 4. The Morgan fingerprint density at radius 1 is 0.971 bits per heavy atom. The van der Waals surface area contributed by atoms with Crippen LogP contribution in [0.1, 0.15) is 143 Å². The van der Waals surface area contributed by atoms with Crippen molar-refractivity contribution in [1.29, 1.82) is 0 Å². The van der Waals surface area contributed by atoms with Gasteiger partial charge in [-0.3, -0.25) is 4.98 Å². The van der Waals surface area contributed by atoms with Crippen LogP contribution >= 0.6 is 0 Å². The predicted molar refractivity (Wildman–Crippen MR) is 136 cm³/mol. The standard InChI is InChI=1S/C31H41NO2/c1-19(2)27-25-26(24-22(32-27)17-30(13-8-14-30)18-23(24)33)31(15-6-7-16-31)34-28(25)20-9-11-21(12-10-20)29(3,4)5/h9-12,19,23,28,33H,6-8,13-18H2,1-5H3/t23?,28-/m1/s1. The van der Waals surface area contributed by atoms with Gasteiger partial charge in [0.1, 0.15) is 6.10 Å². The van der Waals surface area contributed by atoms with Gasteiger partial charge in [-0.15, -0.1) is 0 Å². The van der Waals surface area contributed by atoms with E-state index >= 15 is 0 Å². The van der Waals surface area contributed by atoms with Gasteiger partial charge >= 0.3 is 0 Å². The van der Waals surface area contributed by atoms with E-state index in [-0.39, 0.29) is 22.5 Å². The molecule has 1 aromatic carbocycles. The Morgan fingerprint density at radius 2 is 1.65 bits per heavy atom. The van der Waals surface area contributed by atoms with Crippen LogP contribution in [0.15, 0.2) is 24.3 Å². The summed E-state index contributed by atoms with van der Waals surface area (Å²) in [6.07, 6.45) is 9.72. The van der Waals surface area contributed by atoms with E-state index in [4.69, 9.17) is 9.72 Å². The van der Waals surface area contributed by atoms with Crippen molar-refractivity contribution >= 4 is 0 Å². The van der Waals surface area contributed by atoms with Gasteiger partial charge in [0.05, 0.1) is 11.7 Å². The van der Waals surface area contributed by atoms with E-state index in [0.717, 1.165) is 31.2 Å². The van der Waals surface area contributed by atoms with Crippen LogP contribution in [0.5, 0.6) is 0 Å². The molecule has 6 rings (SSSR count). The quantitative estimate of drug-likeness (QED) is 0.504. The molecule has 34 heavy (non-hydrogen) atoms. The number of hydrogen-bond acceptors (Lipinski definition) is 3. The highest BCUT2D eigenvalue weighted by molar-refractivity contribution is 5.54. The van der Waals surface area contributed by atoms with Crippen LogP contribution in [0.25, 0.3) is 0 Å². The topological polar surface area (TPSA) is 42.4 Å². The normalized spacial score (nSPS) is 26.7. The van der Waals surface area contributed by atoms with E-state index in [2.05, 4.69) is 58.9 Å². The lowest BCUT2D eigenvalue weighted by atomic mass is 9.59. The maximum atomic E-state index is 11.6. The molecule has 3 nitrogen and oxygen atoms in total. The van der Waals surface area contributed by atoms with Gasteiger partial charge in [0.25, 0.3) is 0 Å². The summed E-state index contributed by atoms with van der Waals surface area (Å²) >= 11 is 0. The molecule has 2 aromatic rings. The summed E-state index contributed by atoms with van der Waals surface area (Å²) in [5.41, 5.74) is 8.87. The highest BCUT2D eigenvalue weighted by atomic mass is 16.5. The Labute approximate surface area is 205 Å². The van der Waals surface area contributed by atoms with E-state index in [0.29, 0.717) is 5.92 Å². The maximum Gasteiger partial charge on any atom is 0.111 e. The number of benzene rings is 1. The lowest BCUT2D eigenvalue weighted by Crippen LogP contribution is -2.39. The van der Waals surface area contributed by atoms with Gasteiger partial charge in [-0.2, -0.15) is 0 Å². The number of pyridine rings is 1. The first kappa shape index (κ1) is 22.7. The second kappa shape index (κ2) is 7.64. The lowest BCUT2D eigenvalue weighted by molar-refractivity contribution is -0.0586. The van der Waals surface area contributed by atoms with Gasteiger partial charge in [0, 0.05) is 22.5 Å². The molecule has 0 saturated heterocycles. The van der Waals surface area contributed by atoms with E-state index in [1.54, 1.807) is 0 Å². The van der Waals surface area contributed by atoms with Crippen molar-refractivity contribution in [2.45, 2.75) is 122 Å². The van der Waals surface area contributed by atoms with Gasteiger partial charge in [0.15, 0.2) is 0 Å². The molecular formula is C31H41NO2. The van der Waals surface area contributed by atoms with Gasteiger partial charge in [0.2, 0.25) is 0 Å². The number of aromatic nitrogens is 1. The zero-order valence-electron chi connectivity index (χ0n) is 21.7. The maximum absolute atomic E-state index is 11.6. The molecule has 1 N–H and O–H groups in total. The molecule has 3 heteroatoms.